The molecule has 4 heteroatoms. The summed E-state index contributed by atoms with van der Waals surface area (Å²) in [7, 11) is 0. The fourth-order valence-electron chi connectivity index (χ4n) is 4.63. The van der Waals surface area contributed by atoms with Crippen molar-refractivity contribution in [3.05, 3.63) is 29.8 Å². The van der Waals surface area contributed by atoms with Gasteiger partial charge in [0.15, 0.2) is 0 Å². The summed E-state index contributed by atoms with van der Waals surface area (Å²) in [5, 5.41) is 0. The number of rotatable bonds is 4. The lowest BCUT2D eigenvalue weighted by molar-refractivity contribution is -0.274. The van der Waals surface area contributed by atoms with E-state index in [0.717, 1.165) is 23.8 Å². The highest BCUT2D eigenvalue weighted by Gasteiger charge is 2.31. The Hall–Kier alpha value is -1.19. The van der Waals surface area contributed by atoms with Crippen molar-refractivity contribution in [2.24, 2.45) is 17.8 Å². The first kappa shape index (κ1) is 17.6. The minimum atomic E-state index is -4.61. The van der Waals surface area contributed by atoms with Crippen LogP contribution in [0.25, 0.3) is 0 Å². The van der Waals surface area contributed by atoms with Crippen LogP contribution in [0.15, 0.2) is 24.3 Å². The minimum absolute atomic E-state index is 0.132. The predicted molar refractivity (Wildman–Crippen MR) is 88.9 cm³/mol. The molecular formula is C20H27F3O. The third kappa shape index (κ3) is 5.15. The van der Waals surface area contributed by atoms with Crippen molar-refractivity contribution in [2.75, 3.05) is 0 Å². The summed E-state index contributed by atoms with van der Waals surface area (Å²) in [5.41, 5.74) is 1.12. The van der Waals surface area contributed by atoms with Crippen molar-refractivity contribution < 1.29 is 17.9 Å². The van der Waals surface area contributed by atoms with Crippen LogP contribution < -0.4 is 4.74 Å². The second kappa shape index (κ2) is 7.79. The van der Waals surface area contributed by atoms with Crippen LogP contribution in [-0.4, -0.2) is 6.36 Å². The van der Waals surface area contributed by atoms with E-state index in [4.69, 9.17) is 0 Å². The molecule has 24 heavy (non-hydrogen) atoms. The largest absolute Gasteiger partial charge is 0.573 e. The first-order valence-corrected chi connectivity index (χ1v) is 9.34. The first-order valence-electron chi connectivity index (χ1n) is 9.34. The number of hydrogen-bond donors (Lipinski definition) is 0. The van der Waals surface area contributed by atoms with Gasteiger partial charge >= 0.3 is 6.36 Å². The number of alkyl halides is 3. The molecule has 0 N–H and O–H groups in total. The fraction of sp³-hybridized carbons (Fsp3) is 0.700. The molecule has 0 bridgehead atoms. The van der Waals surface area contributed by atoms with Crippen molar-refractivity contribution in [3.63, 3.8) is 0 Å². The van der Waals surface area contributed by atoms with Crippen LogP contribution in [-0.2, 0) is 6.42 Å². The molecule has 2 saturated carbocycles. The van der Waals surface area contributed by atoms with Crippen LogP contribution in [0.2, 0.25) is 0 Å². The Kier molecular flexibility index (Phi) is 5.72. The van der Waals surface area contributed by atoms with Crippen molar-refractivity contribution in [2.45, 2.75) is 70.6 Å². The summed E-state index contributed by atoms with van der Waals surface area (Å²) >= 11 is 0. The molecule has 0 aliphatic heterocycles. The Morgan fingerprint density at radius 1 is 0.792 bits per heavy atom. The molecule has 0 heterocycles. The summed E-state index contributed by atoms with van der Waals surface area (Å²) < 4.78 is 40.5. The Morgan fingerprint density at radius 3 is 1.96 bits per heavy atom. The molecule has 1 nitrogen and oxygen atoms in total. The van der Waals surface area contributed by atoms with E-state index in [1.54, 1.807) is 12.1 Å². The zero-order chi connectivity index (χ0) is 17.0. The fourth-order valence-corrected chi connectivity index (χ4v) is 4.63. The highest BCUT2D eigenvalue weighted by molar-refractivity contribution is 5.27. The van der Waals surface area contributed by atoms with E-state index in [-0.39, 0.29) is 5.75 Å². The lowest BCUT2D eigenvalue weighted by Gasteiger charge is -2.36. The van der Waals surface area contributed by atoms with Crippen molar-refractivity contribution >= 4 is 0 Å². The summed E-state index contributed by atoms with van der Waals surface area (Å²) in [6, 6.07) is 6.40. The molecule has 1 aromatic carbocycles. The molecule has 1 aromatic rings. The van der Waals surface area contributed by atoms with Gasteiger partial charge in [0.2, 0.25) is 0 Å². The van der Waals surface area contributed by atoms with E-state index >= 15 is 0 Å². The predicted octanol–water partition coefficient (Wildman–Crippen LogP) is 6.51. The maximum absolute atomic E-state index is 12.2. The van der Waals surface area contributed by atoms with Gasteiger partial charge in [-0.25, -0.2) is 0 Å². The number of hydrogen-bond acceptors (Lipinski definition) is 1. The standard InChI is InChI=1S/C20H27F3O/c21-20(22,23)24-19-12-8-16(9-13-19)14-15-6-10-18(11-7-15)17-4-2-1-3-5-17/h8-9,12-13,15,17-18H,1-7,10-11,14H2. The Morgan fingerprint density at radius 2 is 1.38 bits per heavy atom. The van der Waals surface area contributed by atoms with Crippen LogP contribution in [0.4, 0.5) is 13.2 Å². The molecule has 2 aliphatic carbocycles. The second-order valence-electron chi connectivity index (χ2n) is 7.57. The van der Waals surface area contributed by atoms with Crippen molar-refractivity contribution in [1.29, 1.82) is 0 Å². The zero-order valence-electron chi connectivity index (χ0n) is 14.2. The minimum Gasteiger partial charge on any atom is -0.406 e. The first-order chi connectivity index (χ1) is 11.5. The Bertz CT molecular complexity index is 495. The normalized spacial score (nSPS) is 26.3. The molecule has 2 aliphatic rings. The SMILES string of the molecule is FC(F)(F)Oc1ccc(CC2CCC(C3CCCCC3)CC2)cc1. The summed E-state index contributed by atoms with van der Waals surface area (Å²) in [6.07, 6.45) is 8.67. The van der Waals surface area contributed by atoms with Gasteiger partial charge in [0, 0.05) is 0 Å². The van der Waals surface area contributed by atoms with E-state index in [2.05, 4.69) is 4.74 Å². The topological polar surface area (TPSA) is 9.23 Å². The zero-order valence-corrected chi connectivity index (χ0v) is 14.2. The van der Waals surface area contributed by atoms with Crippen LogP contribution in [0.1, 0.15) is 63.4 Å². The van der Waals surface area contributed by atoms with E-state index in [1.807, 2.05) is 0 Å². The van der Waals surface area contributed by atoms with E-state index < -0.39 is 6.36 Å². The van der Waals surface area contributed by atoms with Crippen LogP contribution in [0.5, 0.6) is 5.75 Å². The van der Waals surface area contributed by atoms with Gasteiger partial charge < -0.3 is 4.74 Å². The Labute approximate surface area is 142 Å². The van der Waals surface area contributed by atoms with Gasteiger partial charge in [0.1, 0.15) is 5.75 Å². The molecular weight excluding hydrogens is 313 g/mol. The molecule has 0 spiro atoms. The van der Waals surface area contributed by atoms with E-state index in [0.29, 0.717) is 5.92 Å². The maximum Gasteiger partial charge on any atom is 0.573 e. The van der Waals surface area contributed by atoms with E-state index in [9.17, 15) is 13.2 Å². The third-order valence-corrected chi connectivity index (χ3v) is 5.89. The van der Waals surface area contributed by atoms with Gasteiger partial charge in [-0.2, -0.15) is 0 Å². The molecule has 0 radical (unpaired) electrons. The van der Waals surface area contributed by atoms with Gasteiger partial charge in [-0.15, -0.1) is 13.2 Å². The summed E-state index contributed by atoms with van der Waals surface area (Å²) in [6.45, 7) is 0. The molecule has 3 rings (SSSR count). The Balaban J connectivity index is 1.45. The number of ether oxygens (including phenoxy) is 1. The number of benzene rings is 1. The monoisotopic (exact) mass is 340 g/mol. The molecule has 0 atom stereocenters. The lowest BCUT2D eigenvalue weighted by Crippen LogP contribution is -2.24. The molecule has 0 aromatic heterocycles. The molecule has 0 unspecified atom stereocenters. The summed E-state index contributed by atoms with van der Waals surface area (Å²) in [5.74, 6) is 2.43. The highest BCUT2D eigenvalue weighted by atomic mass is 19.4. The molecule has 2 fully saturated rings. The van der Waals surface area contributed by atoms with Crippen LogP contribution in [0, 0.1) is 17.8 Å². The lowest BCUT2D eigenvalue weighted by atomic mass is 9.70. The highest BCUT2D eigenvalue weighted by Crippen LogP contribution is 2.40. The quantitative estimate of drug-likeness (QED) is 0.607. The van der Waals surface area contributed by atoms with Gasteiger partial charge in [0.25, 0.3) is 0 Å². The van der Waals surface area contributed by atoms with Crippen molar-refractivity contribution in [1.82, 2.24) is 0 Å². The van der Waals surface area contributed by atoms with Gasteiger partial charge in [-0.1, -0.05) is 44.2 Å². The van der Waals surface area contributed by atoms with Gasteiger partial charge in [-0.05, 0) is 67.6 Å². The average Bonchev–Trinajstić information content (AvgIpc) is 2.57. The molecule has 134 valence electrons. The molecule has 0 saturated heterocycles. The van der Waals surface area contributed by atoms with Gasteiger partial charge in [-0.3, -0.25) is 0 Å². The van der Waals surface area contributed by atoms with Crippen molar-refractivity contribution in [3.8, 4) is 5.75 Å². The third-order valence-electron chi connectivity index (χ3n) is 5.89. The molecule has 0 amide bonds. The second-order valence-corrected chi connectivity index (χ2v) is 7.57. The average molecular weight is 340 g/mol. The number of halogens is 3. The van der Waals surface area contributed by atoms with Crippen LogP contribution in [0.3, 0.4) is 0 Å². The summed E-state index contributed by atoms with van der Waals surface area (Å²) in [4.78, 5) is 0. The van der Waals surface area contributed by atoms with Gasteiger partial charge in [0.05, 0.1) is 0 Å². The maximum atomic E-state index is 12.2. The van der Waals surface area contributed by atoms with E-state index in [1.165, 1.54) is 69.9 Å². The smallest absolute Gasteiger partial charge is 0.406 e. The van der Waals surface area contributed by atoms with Crippen LogP contribution >= 0.6 is 0 Å².